The maximum atomic E-state index is 9.64. The highest BCUT2D eigenvalue weighted by Gasteiger charge is 2.20. The van der Waals surface area contributed by atoms with Crippen LogP contribution in [0.15, 0.2) is 29.3 Å². The third-order valence-corrected chi connectivity index (χ3v) is 3.68. The first-order valence-corrected chi connectivity index (χ1v) is 7.89. The lowest BCUT2D eigenvalue weighted by Crippen LogP contribution is -2.45. The second-order valence-corrected chi connectivity index (χ2v) is 7.02. The van der Waals surface area contributed by atoms with Gasteiger partial charge in [0.1, 0.15) is 0 Å². The van der Waals surface area contributed by atoms with Crippen molar-refractivity contribution in [3.8, 4) is 0 Å². The van der Waals surface area contributed by atoms with Crippen LogP contribution in [0, 0.1) is 0 Å². The Morgan fingerprint density at radius 3 is 2.64 bits per heavy atom. The van der Waals surface area contributed by atoms with Crippen LogP contribution < -0.4 is 11.1 Å². The molecule has 5 nitrogen and oxygen atoms in total. The number of nitrogens with two attached hydrogens (primary N) is 1. The van der Waals surface area contributed by atoms with Crippen molar-refractivity contribution in [2.75, 3.05) is 13.1 Å². The predicted molar refractivity (Wildman–Crippen MR) is 90.6 cm³/mol. The van der Waals surface area contributed by atoms with Crippen molar-refractivity contribution in [3.05, 3.63) is 35.4 Å². The molecular formula is C17H28N4O. The van der Waals surface area contributed by atoms with Gasteiger partial charge in [0.2, 0.25) is 0 Å². The number of aliphatic imine (C=N–C) groups is 1. The molecule has 1 aliphatic rings. The topological polar surface area (TPSA) is 73.9 Å². The number of nitrogens with zero attached hydrogens (tertiary/aromatic N) is 2. The highest BCUT2D eigenvalue weighted by molar-refractivity contribution is 5.78. The van der Waals surface area contributed by atoms with Gasteiger partial charge >= 0.3 is 0 Å². The first-order chi connectivity index (χ1) is 10.3. The SMILES string of the molecule is CC(C)(C)NC(N)=NCc1ccccc1CN1CCC(O)C1. The van der Waals surface area contributed by atoms with Gasteiger partial charge in [-0.15, -0.1) is 0 Å². The van der Waals surface area contributed by atoms with Gasteiger partial charge in [-0.1, -0.05) is 24.3 Å². The first-order valence-electron chi connectivity index (χ1n) is 7.89. The number of guanidine groups is 1. The molecule has 1 aromatic rings. The average Bonchev–Trinajstić information content (AvgIpc) is 2.81. The molecule has 0 radical (unpaired) electrons. The number of aliphatic hydroxyl groups is 1. The molecule has 1 aromatic carbocycles. The molecule has 0 aliphatic carbocycles. The average molecular weight is 304 g/mol. The van der Waals surface area contributed by atoms with Crippen molar-refractivity contribution < 1.29 is 5.11 Å². The molecule has 0 aromatic heterocycles. The van der Waals surface area contributed by atoms with Crippen molar-refractivity contribution >= 4 is 5.96 Å². The third kappa shape index (κ3) is 5.31. The van der Waals surface area contributed by atoms with E-state index in [1.165, 1.54) is 11.1 Å². The quantitative estimate of drug-likeness (QED) is 0.581. The number of hydrogen-bond donors (Lipinski definition) is 3. The van der Waals surface area contributed by atoms with Crippen LogP contribution in [-0.4, -0.2) is 40.7 Å². The largest absolute Gasteiger partial charge is 0.392 e. The Morgan fingerprint density at radius 2 is 2.05 bits per heavy atom. The molecule has 0 amide bonds. The Kier molecular flexibility index (Phi) is 5.42. The van der Waals surface area contributed by atoms with Gasteiger partial charge in [-0.25, -0.2) is 4.99 Å². The standard InChI is InChI=1S/C17H28N4O/c1-17(2,3)20-16(18)19-10-13-6-4-5-7-14(13)11-21-9-8-15(22)12-21/h4-7,15,22H,8-12H2,1-3H3,(H3,18,19,20). The lowest BCUT2D eigenvalue weighted by atomic mass is 10.1. The molecule has 1 heterocycles. The fourth-order valence-electron chi connectivity index (χ4n) is 2.66. The highest BCUT2D eigenvalue weighted by atomic mass is 16.3. The van der Waals surface area contributed by atoms with Gasteiger partial charge in [-0.3, -0.25) is 4.90 Å². The lowest BCUT2D eigenvalue weighted by Gasteiger charge is -2.21. The predicted octanol–water partition coefficient (Wildman–Crippen LogP) is 1.46. The summed E-state index contributed by atoms with van der Waals surface area (Å²) in [7, 11) is 0. The summed E-state index contributed by atoms with van der Waals surface area (Å²) in [5.74, 6) is 0.471. The Labute approximate surface area is 133 Å². The summed E-state index contributed by atoms with van der Waals surface area (Å²) in [6, 6.07) is 8.30. The number of benzene rings is 1. The molecular weight excluding hydrogens is 276 g/mol. The summed E-state index contributed by atoms with van der Waals surface area (Å²) in [4.78, 5) is 6.73. The van der Waals surface area contributed by atoms with Crippen molar-refractivity contribution in [1.82, 2.24) is 10.2 Å². The van der Waals surface area contributed by atoms with Gasteiger partial charge in [-0.2, -0.15) is 0 Å². The minimum atomic E-state index is -0.184. The van der Waals surface area contributed by atoms with Crippen LogP contribution in [0.2, 0.25) is 0 Å². The van der Waals surface area contributed by atoms with Crippen LogP contribution in [0.4, 0.5) is 0 Å². The summed E-state index contributed by atoms with van der Waals surface area (Å²) in [5, 5.41) is 12.8. The second kappa shape index (κ2) is 7.11. The van der Waals surface area contributed by atoms with E-state index in [1.807, 2.05) is 12.1 Å². The van der Waals surface area contributed by atoms with Gasteiger partial charge in [-0.05, 0) is 38.3 Å². The molecule has 1 fully saturated rings. The number of rotatable bonds is 4. The molecule has 4 N–H and O–H groups in total. The Morgan fingerprint density at radius 1 is 1.36 bits per heavy atom. The summed E-state index contributed by atoms with van der Waals surface area (Å²) in [5.41, 5.74) is 8.29. The molecule has 1 saturated heterocycles. The van der Waals surface area contributed by atoms with E-state index in [1.54, 1.807) is 0 Å². The fraction of sp³-hybridized carbons (Fsp3) is 0.588. The Bertz CT molecular complexity index is 522. The monoisotopic (exact) mass is 304 g/mol. The Balaban J connectivity index is 2.00. The van der Waals surface area contributed by atoms with Crippen LogP contribution in [0.25, 0.3) is 0 Å². The zero-order valence-corrected chi connectivity index (χ0v) is 13.8. The summed E-state index contributed by atoms with van der Waals surface area (Å²) < 4.78 is 0. The normalized spacial score (nSPS) is 20.4. The Hall–Kier alpha value is -1.59. The van der Waals surface area contributed by atoms with Gasteiger partial charge in [0.05, 0.1) is 12.6 Å². The van der Waals surface area contributed by atoms with Crippen LogP contribution in [0.1, 0.15) is 38.3 Å². The molecule has 2 rings (SSSR count). The van der Waals surface area contributed by atoms with Crippen molar-refractivity contribution in [2.24, 2.45) is 10.7 Å². The van der Waals surface area contributed by atoms with Crippen molar-refractivity contribution in [3.63, 3.8) is 0 Å². The van der Waals surface area contributed by atoms with Gasteiger partial charge < -0.3 is 16.2 Å². The van der Waals surface area contributed by atoms with Gasteiger partial charge in [0.15, 0.2) is 5.96 Å². The van der Waals surface area contributed by atoms with E-state index in [2.05, 4.69) is 48.1 Å². The molecule has 5 heteroatoms. The van der Waals surface area contributed by atoms with Gasteiger partial charge in [0.25, 0.3) is 0 Å². The van der Waals surface area contributed by atoms with E-state index in [4.69, 9.17) is 5.73 Å². The number of nitrogens with one attached hydrogen (secondary N) is 1. The van der Waals surface area contributed by atoms with Crippen LogP contribution >= 0.6 is 0 Å². The number of aliphatic hydroxyl groups excluding tert-OH is 1. The van der Waals surface area contributed by atoms with E-state index in [0.29, 0.717) is 12.5 Å². The minimum Gasteiger partial charge on any atom is -0.392 e. The van der Waals surface area contributed by atoms with Gasteiger partial charge in [0, 0.05) is 25.2 Å². The van der Waals surface area contributed by atoms with E-state index in [0.717, 1.165) is 26.1 Å². The first kappa shape index (κ1) is 16.8. The van der Waals surface area contributed by atoms with E-state index in [9.17, 15) is 5.11 Å². The van der Waals surface area contributed by atoms with E-state index in [-0.39, 0.29) is 11.6 Å². The van der Waals surface area contributed by atoms with E-state index >= 15 is 0 Å². The summed E-state index contributed by atoms with van der Waals surface area (Å²) >= 11 is 0. The maximum absolute atomic E-state index is 9.64. The zero-order chi connectivity index (χ0) is 16.2. The number of β-amino-alcohol motifs (C(OH)–C–C–N with tert-alkyl or cyclic N) is 1. The molecule has 1 atom stereocenters. The lowest BCUT2D eigenvalue weighted by molar-refractivity contribution is 0.174. The molecule has 1 aliphatic heterocycles. The number of hydrogen-bond acceptors (Lipinski definition) is 3. The molecule has 0 bridgehead atoms. The molecule has 22 heavy (non-hydrogen) atoms. The van der Waals surface area contributed by atoms with Crippen LogP contribution in [0.3, 0.4) is 0 Å². The highest BCUT2D eigenvalue weighted by Crippen LogP contribution is 2.17. The molecule has 1 unspecified atom stereocenters. The summed E-state index contributed by atoms with van der Waals surface area (Å²) in [6.07, 6.45) is 0.680. The van der Waals surface area contributed by atoms with Crippen molar-refractivity contribution in [2.45, 2.75) is 51.9 Å². The zero-order valence-electron chi connectivity index (χ0n) is 13.8. The molecule has 0 saturated carbocycles. The fourth-order valence-corrected chi connectivity index (χ4v) is 2.66. The second-order valence-electron chi connectivity index (χ2n) is 7.02. The van der Waals surface area contributed by atoms with E-state index < -0.39 is 0 Å². The minimum absolute atomic E-state index is 0.0845. The summed E-state index contributed by atoms with van der Waals surface area (Å²) in [6.45, 7) is 9.31. The van der Waals surface area contributed by atoms with Crippen LogP contribution in [-0.2, 0) is 13.1 Å². The molecule has 0 spiro atoms. The smallest absolute Gasteiger partial charge is 0.189 e. The maximum Gasteiger partial charge on any atom is 0.189 e. The number of likely N-dealkylation sites (tertiary alicyclic amines) is 1. The van der Waals surface area contributed by atoms with Crippen molar-refractivity contribution in [1.29, 1.82) is 0 Å². The third-order valence-electron chi connectivity index (χ3n) is 3.68. The van der Waals surface area contributed by atoms with Crippen LogP contribution in [0.5, 0.6) is 0 Å². The molecule has 122 valence electrons.